The van der Waals surface area contributed by atoms with Gasteiger partial charge in [-0.3, -0.25) is 10.1 Å². The second kappa shape index (κ2) is 8.21. The van der Waals surface area contributed by atoms with E-state index >= 15 is 0 Å². The van der Waals surface area contributed by atoms with E-state index in [1.165, 1.54) is 0 Å². The van der Waals surface area contributed by atoms with E-state index in [2.05, 4.69) is 46.7 Å². The summed E-state index contributed by atoms with van der Waals surface area (Å²) in [6, 6.07) is 5.34. The van der Waals surface area contributed by atoms with Gasteiger partial charge >= 0.3 is 0 Å². The molecule has 0 aliphatic carbocycles. The van der Waals surface area contributed by atoms with Gasteiger partial charge in [-0.15, -0.1) is 0 Å². The van der Waals surface area contributed by atoms with E-state index in [-0.39, 0.29) is 10.6 Å². The summed E-state index contributed by atoms with van der Waals surface area (Å²) in [6.07, 6.45) is 1.07. The van der Waals surface area contributed by atoms with Crippen LogP contribution in [0.1, 0.15) is 18.9 Å². The third kappa shape index (κ3) is 4.76. The second-order valence-corrected chi connectivity index (χ2v) is 5.50. The minimum absolute atomic E-state index is 0.176. The topological polar surface area (TPSA) is 49.6 Å². The third-order valence-corrected chi connectivity index (χ3v) is 3.79. The molecule has 0 saturated heterocycles. The molecular weight excluding hydrogens is 322 g/mol. The molecule has 0 saturated carbocycles. The van der Waals surface area contributed by atoms with Crippen LogP contribution in [0.15, 0.2) is 18.2 Å². The van der Waals surface area contributed by atoms with E-state index in [1.54, 1.807) is 6.07 Å². The number of anilines is 1. The van der Waals surface area contributed by atoms with Gasteiger partial charge in [-0.1, -0.05) is 15.9 Å². The number of benzene rings is 1. The number of alkyl halides is 1. The Morgan fingerprint density at radius 2 is 2.00 bits per heavy atom. The number of hydrogen-bond donors (Lipinski definition) is 0. The Kier molecular flexibility index (Phi) is 6.95. The molecule has 0 radical (unpaired) electrons. The molecule has 20 heavy (non-hydrogen) atoms. The molecule has 0 fully saturated rings. The van der Waals surface area contributed by atoms with Gasteiger partial charge in [0, 0.05) is 35.7 Å². The molecule has 5 nitrogen and oxygen atoms in total. The van der Waals surface area contributed by atoms with Crippen molar-refractivity contribution >= 4 is 27.3 Å². The quantitative estimate of drug-likeness (QED) is 0.413. The van der Waals surface area contributed by atoms with Gasteiger partial charge in [0.25, 0.3) is 5.69 Å². The van der Waals surface area contributed by atoms with Crippen molar-refractivity contribution in [2.75, 3.05) is 38.6 Å². The number of nitro groups is 1. The van der Waals surface area contributed by atoms with Crippen molar-refractivity contribution in [3.63, 3.8) is 0 Å². The van der Waals surface area contributed by atoms with Crippen molar-refractivity contribution < 1.29 is 4.92 Å². The Hall–Kier alpha value is -1.14. The van der Waals surface area contributed by atoms with E-state index in [4.69, 9.17) is 0 Å². The smallest absolute Gasteiger partial charge is 0.273 e. The molecule has 0 bridgehead atoms. The molecule has 0 aromatic heterocycles. The van der Waals surface area contributed by atoms with E-state index < -0.39 is 0 Å². The van der Waals surface area contributed by atoms with E-state index in [1.807, 2.05) is 12.1 Å². The molecule has 0 N–H and O–H groups in total. The molecule has 112 valence electrons. The fraction of sp³-hybridized carbons (Fsp3) is 0.571. The summed E-state index contributed by atoms with van der Waals surface area (Å²) < 4.78 is 0. The van der Waals surface area contributed by atoms with Gasteiger partial charge in [0.2, 0.25) is 0 Å². The van der Waals surface area contributed by atoms with Gasteiger partial charge in [-0.05, 0) is 46.1 Å². The molecular formula is C14H22BrN3O2. The molecule has 1 aromatic carbocycles. The summed E-state index contributed by atoms with van der Waals surface area (Å²) in [4.78, 5) is 15.0. The first kappa shape index (κ1) is 16.9. The van der Waals surface area contributed by atoms with E-state index in [9.17, 15) is 10.1 Å². The maximum Gasteiger partial charge on any atom is 0.273 e. The van der Waals surface area contributed by atoms with Crippen molar-refractivity contribution in [1.82, 2.24) is 4.90 Å². The fourth-order valence-electron chi connectivity index (χ4n) is 2.10. The molecule has 1 rings (SSSR count). The minimum Gasteiger partial charge on any atom is -0.372 e. The first-order valence-electron chi connectivity index (χ1n) is 6.72. The third-order valence-electron chi connectivity index (χ3n) is 3.18. The fourth-order valence-corrected chi connectivity index (χ4v) is 2.55. The van der Waals surface area contributed by atoms with Crippen LogP contribution in [0.4, 0.5) is 11.4 Å². The lowest BCUT2D eigenvalue weighted by Gasteiger charge is -2.24. The first-order valence-corrected chi connectivity index (χ1v) is 7.84. The molecule has 0 unspecified atom stereocenters. The molecule has 0 heterocycles. The largest absolute Gasteiger partial charge is 0.372 e. The van der Waals surface area contributed by atoms with Crippen molar-refractivity contribution in [2.24, 2.45) is 0 Å². The highest BCUT2D eigenvalue weighted by atomic mass is 79.9. The molecule has 6 heteroatoms. The van der Waals surface area contributed by atoms with Gasteiger partial charge in [0.1, 0.15) is 0 Å². The van der Waals surface area contributed by atoms with Crippen LogP contribution in [0.25, 0.3) is 0 Å². The van der Waals surface area contributed by atoms with Crippen molar-refractivity contribution in [3.05, 3.63) is 33.9 Å². The Morgan fingerprint density at radius 1 is 1.30 bits per heavy atom. The Morgan fingerprint density at radius 3 is 2.50 bits per heavy atom. The highest BCUT2D eigenvalue weighted by Crippen LogP contribution is 2.26. The number of halogens is 1. The SMILES string of the molecule is CCN(CCCN(C)C)c1ccc([N+](=O)[O-])c(CBr)c1. The average molecular weight is 344 g/mol. The van der Waals surface area contributed by atoms with Crippen LogP contribution in [0.3, 0.4) is 0 Å². The highest BCUT2D eigenvalue weighted by molar-refractivity contribution is 9.08. The summed E-state index contributed by atoms with van der Waals surface area (Å²) >= 11 is 3.32. The Labute approximate surface area is 128 Å². The monoisotopic (exact) mass is 343 g/mol. The second-order valence-electron chi connectivity index (χ2n) is 4.94. The average Bonchev–Trinajstić information content (AvgIpc) is 2.42. The zero-order chi connectivity index (χ0) is 15.1. The number of nitro benzene ring substituents is 1. The Bertz CT molecular complexity index is 452. The molecule has 1 aromatic rings. The van der Waals surface area contributed by atoms with Crippen molar-refractivity contribution in [2.45, 2.75) is 18.7 Å². The van der Waals surface area contributed by atoms with E-state index in [0.29, 0.717) is 5.33 Å². The number of rotatable bonds is 8. The molecule has 0 aliphatic rings. The molecule has 0 amide bonds. The van der Waals surface area contributed by atoms with Crippen molar-refractivity contribution in [1.29, 1.82) is 0 Å². The zero-order valence-corrected chi connectivity index (χ0v) is 13.9. The van der Waals surface area contributed by atoms with Crippen LogP contribution in [0.5, 0.6) is 0 Å². The number of nitrogens with zero attached hydrogens (tertiary/aromatic N) is 3. The lowest BCUT2D eigenvalue weighted by molar-refractivity contribution is -0.385. The summed E-state index contributed by atoms with van der Waals surface area (Å²) in [5, 5.41) is 11.4. The summed E-state index contributed by atoms with van der Waals surface area (Å²) in [7, 11) is 4.12. The lowest BCUT2D eigenvalue weighted by Crippen LogP contribution is -2.27. The highest BCUT2D eigenvalue weighted by Gasteiger charge is 2.15. The van der Waals surface area contributed by atoms with Crippen LogP contribution in [-0.4, -0.2) is 43.6 Å². The predicted molar refractivity (Wildman–Crippen MR) is 86.8 cm³/mol. The molecule has 0 aliphatic heterocycles. The Balaban J connectivity index is 2.84. The van der Waals surface area contributed by atoms with Gasteiger partial charge < -0.3 is 9.80 Å². The molecule has 0 atom stereocenters. The zero-order valence-electron chi connectivity index (χ0n) is 12.3. The van der Waals surface area contributed by atoms with Crippen LogP contribution in [0, 0.1) is 10.1 Å². The molecule has 0 spiro atoms. The van der Waals surface area contributed by atoms with Crippen molar-refractivity contribution in [3.8, 4) is 0 Å². The summed E-state index contributed by atoms with van der Waals surface area (Å²) in [5.74, 6) is 0. The first-order chi connectivity index (χ1) is 9.49. The lowest BCUT2D eigenvalue weighted by atomic mass is 10.1. The standard InChI is InChI=1S/C14H22BrN3O2/c1-4-17(9-5-8-16(2)3)13-6-7-14(18(19)20)12(10-13)11-15/h6-7,10H,4-5,8-9,11H2,1-3H3. The van der Waals surface area contributed by atoms with E-state index in [0.717, 1.165) is 37.3 Å². The van der Waals surface area contributed by atoms with Gasteiger partial charge in [-0.2, -0.15) is 0 Å². The minimum atomic E-state index is -0.331. The normalized spacial score (nSPS) is 10.8. The maximum atomic E-state index is 10.9. The summed E-state index contributed by atoms with van der Waals surface area (Å²) in [5.41, 5.74) is 1.94. The van der Waals surface area contributed by atoms with Crippen LogP contribution in [-0.2, 0) is 5.33 Å². The summed E-state index contributed by atoms with van der Waals surface area (Å²) in [6.45, 7) is 4.99. The van der Waals surface area contributed by atoms with Crippen LogP contribution < -0.4 is 4.90 Å². The number of hydrogen-bond acceptors (Lipinski definition) is 4. The maximum absolute atomic E-state index is 10.9. The van der Waals surface area contributed by atoms with Gasteiger partial charge in [-0.25, -0.2) is 0 Å². The van der Waals surface area contributed by atoms with Gasteiger partial charge in [0.15, 0.2) is 0 Å². The van der Waals surface area contributed by atoms with Crippen LogP contribution >= 0.6 is 15.9 Å². The van der Waals surface area contributed by atoms with Crippen LogP contribution in [0.2, 0.25) is 0 Å². The predicted octanol–water partition coefficient (Wildman–Crippen LogP) is 3.27. The van der Waals surface area contributed by atoms with Gasteiger partial charge in [0.05, 0.1) is 4.92 Å².